The summed E-state index contributed by atoms with van der Waals surface area (Å²) in [5.74, 6) is -1.34. The zero-order valence-electron chi connectivity index (χ0n) is 15.4. The molecule has 1 fully saturated rings. The number of carbonyl (C=O) groups is 2. The van der Waals surface area contributed by atoms with E-state index in [9.17, 15) is 14.7 Å². The number of unbranched alkanes of at least 4 members (excludes halogenated alkanes) is 1. The second-order valence-electron chi connectivity index (χ2n) is 8.01. The van der Waals surface area contributed by atoms with Gasteiger partial charge in [-0.05, 0) is 24.6 Å². The normalized spacial score (nSPS) is 27.6. The summed E-state index contributed by atoms with van der Waals surface area (Å²) in [6.45, 7) is 12.5. The number of Topliss-reactive ketones (excluding diaryl/α,β-unsaturated/α-hetero) is 1. The molecule has 0 aromatic heterocycles. The third-order valence-electron chi connectivity index (χ3n) is 5.12. The average molecular weight is 353 g/mol. The van der Waals surface area contributed by atoms with Gasteiger partial charge in [0.05, 0.1) is 5.57 Å². The van der Waals surface area contributed by atoms with Gasteiger partial charge in [0.15, 0.2) is 14.1 Å². The van der Waals surface area contributed by atoms with E-state index in [1.165, 1.54) is 0 Å². The fourth-order valence-electron chi connectivity index (χ4n) is 2.57. The SMILES string of the molecule is CCC/C=C/C1=C(C(=O)O)[C@H](O[Si](C)(C)C(C)(C)C)[C@H]2O[C@H]2C1=O. The summed E-state index contributed by atoms with van der Waals surface area (Å²) in [5, 5.41) is 9.67. The highest BCUT2D eigenvalue weighted by Crippen LogP contribution is 2.45. The van der Waals surface area contributed by atoms with Crippen LogP contribution in [0.3, 0.4) is 0 Å². The van der Waals surface area contributed by atoms with Crippen LogP contribution in [0, 0.1) is 0 Å². The Labute approximate surface area is 144 Å². The Bertz CT molecular complexity index is 597. The van der Waals surface area contributed by atoms with Gasteiger partial charge in [0.25, 0.3) is 0 Å². The molecular formula is C18H28O5Si. The van der Waals surface area contributed by atoms with Crippen LogP contribution in [0.4, 0.5) is 0 Å². The largest absolute Gasteiger partial charge is 0.478 e. The standard InChI is InChI=1S/C18H28O5Si/c1-7-8-9-10-11-12(17(20)21)14(16-15(22-16)13(11)19)23-24(5,6)18(2,3)4/h9-10,14-16H,7-8H2,1-6H3,(H,20,21)/b10-9+/t14-,15-,16+/m0/s1. The Morgan fingerprint density at radius 2 is 2.00 bits per heavy atom. The maximum absolute atomic E-state index is 12.4. The molecule has 0 aromatic carbocycles. The number of hydrogen-bond donors (Lipinski definition) is 1. The molecule has 2 rings (SSSR count). The number of fused-ring (bicyclic) bond motifs is 1. The minimum atomic E-state index is -2.20. The molecule has 1 aliphatic carbocycles. The molecule has 0 spiro atoms. The maximum atomic E-state index is 12.4. The first kappa shape index (κ1) is 19.1. The van der Waals surface area contributed by atoms with E-state index >= 15 is 0 Å². The van der Waals surface area contributed by atoms with Gasteiger partial charge >= 0.3 is 5.97 Å². The summed E-state index contributed by atoms with van der Waals surface area (Å²) in [6.07, 6.45) is 3.54. The predicted molar refractivity (Wildman–Crippen MR) is 94.4 cm³/mol. The van der Waals surface area contributed by atoms with Crippen molar-refractivity contribution in [3.05, 3.63) is 23.3 Å². The number of epoxide rings is 1. The lowest BCUT2D eigenvalue weighted by Gasteiger charge is -2.39. The number of allylic oxidation sites excluding steroid dienone is 2. The molecule has 6 heteroatoms. The molecular weight excluding hydrogens is 324 g/mol. The van der Waals surface area contributed by atoms with Crippen LogP contribution in [0.1, 0.15) is 40.5 Å². The molecule has 0 bridgehead atoms. The maximum Gasteiger partial charge on any atom is 0.335 e. The molecule has 0 saturated carbocycles. The highest BCUT2D eigenvalue weighted by atomic mass is 28.4. The average Bonchev–Trinajstić information content (AvgIpc) is 3.22. The summed E-state index contributed by atoms with van der Waals surface area (Å²) >= 11 is 0. The Hall–Kier alpha value is -1.24. The monoisotopic (exact) mass is 352 g/mol. The van der Waals surface area contributed by atoms with Crippen molar-refractivity contribution in [2.45, 2.75) is 77.0 Å². The van der Waals surface area contributed by atoms with E-state index in [0.29, 0.717) is 0 Å². The van der Waals surface area contributed by atoms with Crippen molar-refractivity contribution in [2.24, 2.45) is 0 Å². The molecule has 2 aliphatic rings. The third-order valence-corrected chi connectivity index (χ3v) is 9.58. The third kappa shape index (κ3) is 3.55. The number of ketones is 1. The summed E-state index contributed by atoms with van der Waals surface area (Å²) < 4.78 is 11.8. The Kier molecular flexibility index (Phi) is 5.23. The number of carboxylic acid groups (broad SMARTS) is 1. The highest BCUT2D eigenvalue weighted by Gasteiger charge is 2.59. The van der Waals surface area contributed by atoms with Gasteiger partial charge < -0.3 is 14.3 Å². The lowest BCUT2D eigenvalue weighted by molar-refractivity contribution is -0.134. The van der Waals surface area contributed by atoms with Crippen molar-refractivity contribution in [1.82, 2.24) is 0 Å². The first-order chi connectivity index (χ1) is 11.0. The molecule has 1 N–H and O–H groups in total. The van der Waals surface area contributed by atoms with E-state index in [1.807, 2.05) is 13.0 Å². The predicted octanol–water partition coefficient (Wildman–Crippen LogP) is 3.46. The molecule has 0 aromatic rings. The molecule has 5 nitrogen and oxygen atoms in total. The molecule has 0 radical (unpaired) electrons. The van der Waals surface area contributed by atoms with E-state index in [1.54, 1.807) is 6.08 Å². The van der Waals surface area contributed by atoms with Crippen LogP contribution in [0.25, 0.3) is 0 Å². The fourth-order valence-corrected chi connectivity index (χ4v) is 3.81. The molecule has 134 valence electrons. The van der Waals surface area contributed by atoms with Crippen molar-refractivity contribution in [3.63, 3.8) is 0 Å². The minimum absolute atomic E-state index is 0.0518. The lowest BCUT2D eigenvalue weighted by Crippen LogP contribution is -2.48. The van der Waals surface area contributed by atoms with Crippen LogP contribution < -0.4 is 0 Å². The van der Waals surface area contributed by atoms with Gasteiger partial charge in [-0.2, -0.15) is 0 Å². The van der Waals surface area contributed by atoms with Crippen molar-refractivity contribution >= 4 is 20.1 Å². The summed E-state index contributed by atoms with van der Waals surface area (Å²) in [5.41, 5.74) is 0.286. The second-order valence-corrected chi connectivity index (χ2v) is 12.8. The number of carbonyl (C=O) groups excluding carboxylic acids is 1. The van der Waals surface area contributed by atoms with Crippen molar-refractivity contribution in [3.8, 4) is 0 Å². The van der Waals surface area contributed by atoms with E-state index in [-0.39, 0.29) is 22.0 Å². The molecule has 24 heavy (non-hydrogen) atoms. The molecule has 3 atom stereocenters. The Morgan fingerprint density at radius 3 is 2.50 bits per heavy atom. The van der Waals surface area contributed by atoms with Crippen LogP contribution in [-0.4, -0.2) is 43.5 Å². The second kappa shape index (κ2) is 6.58. The van der Waals surface area contributed by atoms with Gasteiger partial charge in [-0.15, -0.1) is 0 Å². The van der Waals surface area contributed by atoms with E-state index in [4.69, 9.17) is 9.16 Å². The fraction of sp³-hybridized carbons (Fsp3) is 0.667. The first-order valence-electron chi connectivity index (χ1n) is 8.52. The number of rotatable bonds is 6. The van der Waals surface area contributed by atoms with E-state index in [0.717, 1.165) is 12.8 Å². The Morgan fingerprint density at radius 1 is 1.38 bits per heavy atom. The number of ether oxygens (including phenoxy) is 1. The van der Waals surface area contributed by atoms with Gasteiger partial charge in [-0.25, -0.2) is 4.79 Å². The quantitative estimate of drug-likeness (QED) is 0.585. The summed E-state index contributed by atoms with van der Waals surface area (Å²) in [7, 11) is -2.20. The Balaban J connectivity index is 2.42. The van der Waals surface area contributed by atoms with Crippen LogP contribution in [-0.2, 0) is 18.8 Å². The van der Waals surface area contributed by atoms with Crippen LogP contribution in [0.5, 0.6) is 0 Å². The van der Waals surface area contributed by atoms with Gasteiger partial charge in [0, 0.05) is 5.57 Å². The molecule has 1 heterocycles. The molecule has 1 aliphatic heterocycles. The number of aliphatic carboxylic acids is 1. The zero-order chi connectivity index (χ0) is 18.3. The number of hydrogen-bond acceptors (Lipinski definition) is 4. The molecule has 1 saturated heterocycles. The lowest BCUT2D eigenvalue weighted by atomic mass is 9.88. The van der Waals surface area contributed by atoms with Crippen LogP contribution >= 0.6 is 0 Å². The van der Waals surface area contributed by atoms with Crippen molar-refractivity contribution in [1.29, 1.82) is 0 Å². The highest BCUT2D eigenvalue weighted by molar-refractivity contribution is 6.74. The minimum Gasteiger partial charge on any atom is -0.478 e. The van der Waals surface area contributed by atoms with Gasteiger partial charge in [0.2, 0.25) is 0 Å². The summed E-state index contributed by atoms with van der Waals surface area (Å²) in [4.78, 5) is 24.3. The first-order valence-corrected chi connectivity index (χ1v) is 11.4. The zero-order valence-corrected chi connectivity index (χ0v) is 16.4. The smallest absolute Gasteiger partial charge is 0.335 e. The van der Waals surface area contributed by atoms with Crippen molar-refractivity contribution in [2.75, 3.05) is 0 Å². The van der Waals surface area contributed by atoms with E-state index < -0.39 is 32.6 Å². The van der Waals surface area contributed by atoms with Gasteiger partial charge in [-0.1, -0.05) is 46.3 Å². The van der Waals surface area contributed by atoms with Crippen LogP contribution in [0.2, 0.25) is 18.1 Å². The summed E-state index contributed by atoms with van der Waals surface area (Å²) in [6, 6.07) is 0. The van der Waals surface area contributed by atoms with Gasteiger partial charge in [0.1, 0.15) is 18.3 Å². The van der Waals surface area contributed by atoms with Gasteiger partial charge in [-0.3, -0.25) is 4.79 Å². The topological polar surface area (TPSA) is 76.1 Å². The molecule has 0 unspecified atom stereocenters. The molecule has 0 amide bonds. The number of carboxylic acids is 1. The van der Waals surface area contributed by atoms with E-state index in [2.05, 4.69) is 33.9 Å². The van der Waals surface area contributed by atoms with Crippen LogP contribution in [0.15, 0.2) is 23.3 Å². The van der Waals surface area contributed by atoms with Crippen molar-refractivity contribution < 1.29 is 23.9 Å².